The van der Waals surface area contributed by atoms with E-state index in [4.69, 9.17) is 4.42 Å². The van der Waals surface area contributed by atoms with Crippen LogP contribution < -0.4 is 0 Å². The number of aryl methyl sites for hydroxylation is 2. The lowest BCUT2D eigenvalue weighted by atomic mass is 10.2. The predicted molar refractivity (Wildman–Crippen MR) is 62.4 cm³/mol. The quantitative estimate of drug-likeness (QED) is 0.620. The van der Waals surface area contributed by atoms with Gasteiger partial charge in [0.1, 0.15) is 5.76 Å². The van der Waals surface area contributed by atoms with Crippen molar-refractivity contribution in [1.82, 2.24) is 9.38 Å². The van der Waals surface area contributed by atoms with Gasteiger partial charge in [-0.15, -0.1) is 0 Å². The number of hydrogen-bond donors (Lipinski definition) is 0. The van der Waals surface area contributed by atoms with Crippen LogP contribution in [0.1, 0.15) is 11.3 Å². The molecule has 3 heterocycles. The SMILES string of the molecule is Cc1ccc(-c2ncc3c(C)cccn23)o1. The van der Waals surface area contributed by atoms with Crippen LogP contribution in [0.15, 0.2) is 41.1 Å². The summed E-state index contributed by atoms with van der Waals surface area (Å²) in [7, 11) is 0. The molecule has 0 aliphatic carbocycles. The van der Waals surface area contributed by atoms with E-state index in [0.717, 1.165) is 22.9 Å². The van der Waals surface area contributed by atoms with Crippen LogP contribution in [0.25, 0.3) is 17.1 Å². The number of nitrogens with zero attached hydrogens (tertiary/aromatic N) is 2. The maximum absolute atomic E-state index is 5.59. The topological polar surface area (TPSA) is 30.4 Å². The van der Waals surface area contributed by atoms with Crippen LogP contribution in [0.2, 0.25) is 0 Å². The Balaban J connectivity index is 2.29. The van der Waals surface area contributed by atoms with Gasteiger partial charge in [-0.2, -0.15) is 0 Å². The minimum absolute atomic E-state index is 0.808. The summed E-state index contributed by atoms with van der Waals surface area (Å²) in [6.45, 7) is 4.01. The van der Waals surface area contributed by atoms with E-state index in [9.17, 15) is 0 Å². The average molecular weight is 212 g/mol. The number of imidazole rings is 1. The van der Waals surface area contributed by atoms with Crippen LogP contribution in [0.3, 0.4) is 0 Å². The molecule has 16 heavy (non-hydrogen) atoms. The largest absolute Gasteiger partial charge is 0.458 e. The Bertz CT molecular complexity index is 649. The molecule has 3 heteroatoms. The maximum Gasteiger partial charge on any atom is 0.180 e. The minimum atomic E-state index is 0.808. The van der Waals surface area contributed by atoms with Gasteiger partial charge >= 0.3 is 0 Å². The first-order chi connectivity index (χ1) is 7.75. The van der Waals surface area contributed by atoms with Crippen LogP contribution >= 0.6 is 0 Å². The molecule has 0 aliphatic rings. The molecule has 0 amide bonds. The van der Waals surface area contributed by atoms with Crippen molar-refractivity contribution < 1.29 is 4.42 Å². The molecule has 0 bridgehead atoms. The number of hydrogen-bond acceptors (Lipinski definition) is 2. The van der Waals surface area contributed by atoms with Gasteiger partial charge in [0, 0.05) is 6.20 Å². The van der Waals surface area contributed by atoms with E-state index in [0.29, 0.717) is 0 Å². The first-order valence-electron chi connectivity index (χ1n) is 5.25. The summed E-state index contributed by atoms with van der Waals surface area (Å²) < 4.78 is 7.64. The highest BCUT2D eigenvalue weighted by Gasteiger charge is 2.10. The molecule has 3 aromatic rings. The third kappa shape index (κ3) is 1.25. The maximum atomic E-state index is 5.59. The molecule has 0 fully saturated rings. The fourth-order valence-electron chi connectivity index (χ4n) is 1.90. The van der Waals surface area contributed by atoms with Crippen molar-refractivity contribution in [1.29, 1.82) is 0 Å². The standard InChI is InChI=1S/C13H12N2O/c1-9-4-3-7-15-11(9)8-14-13(15)12-6-5-10(2)16-12/h3-8H,1-2H3. The highest BCUT2D eigenvalue weighted by molar-refractivity contribution is 5.61. The molecule has 3 nitrogen and oxygen atoms in total. The van der Waals surface area contributed by atoms with Crippen LogP contribution in [0.4, 0.5) is 0 Å². The van der Waals surface area contributed by atoms with Crippen molar-refractivity contribution in [3.8, 4) is 11.6 Å². The molecule has 0 aromatic carbocycles. The summed E-state index contributed by atoms with van der Waals surface area (Å²) in [4.78, 5) is 4.41. The van der Waals surface area contributed by atoms with Gasteiger partial charge in [-0.25, -0.2) is 4.98 Å². The second-order valence-corrected chi connectivity index (χ2v) is 3.94. The van der Waals surface area contributed by atoms with E-state index < -0.39 is 0 Å². The molecule has 0 spiro atoms. The van der Waals surface area contributed by atoms with Crippen molar-refractivity contribution in [2.45, 2.75) is 13.8 Å². The van der Waals surface area contributed by atoms with E-state index in [-0.39, 0.29) is 0 Å². The summed E-state index contributed by atoms with van der Waals surface area (Å²) >= 11 is 0. The van der Waals surface area contributed by atoms with Crippen LogP contribution in [0, 0.1) is 13.8 Å². The molecule has 0 saturated carbocycles. The number of fused-ring (bicyclic) bond motifs is 1. The number of pyridine rings is 1. The molecule has 0 unspecified atom stereocenters. The Kier molecular flexibility index (Phi) is 1.86. The number of rotatable bonds is 1. The highest BCUT2D eigenvalue weighted by atomic mass is 16.3. The van der Waals surface area contributed by atoms with Gasteiger partial charge in [0.2, 0.25) is 0 Å². The lowest BCUT2D eigenvalue weighted by Gasteiger charge is -1.99. The fraction of sp³-hybridized carbons (Fsp3) is 0.154. The van der Waals surface area contributed by atoms with Crippen molar-refractivity contribution in [2.24, 2.45) is 0 Å². The zero-order valence-electron chi connectivity index (χ0n) is 9.27. The average Bonchev–Trinajstić information content (AvgIpc) is 2.84. The summed E-state index contributed by atoms with van der Waals surface area (Å²) in [5.41, 5.74) is 2.33. The second-order valence-electron chi connectivity index (χ2n) is 3.94. The lowest BCUT2D eigenvalue weighted by molar-refractivity contribution is 0.544. The zero-order valence-corrected chi connectivity index (χ0v) is 9.27. The van der Waals surface area contributed by atoms with Gasteiger partial charge in [-0.05, 0) is 37.6 Å². The minimum Gasteiger partial charge on any atom is -0.458 e. The molecule has 0 atom stereocenters. The molecule has 3 aromatic heterocycles. The number of aromatic nitrogens is 2. The van der Waals surface area contributed by atoms with E-state index >= 15 is 0 Å². The molecule has 80 valence electrons. The first kappa shape index (κ1) is 9.21. The Morgan fingerprint density at radius 3 is 2.81 bits per heavy atom. The third-order valence-corrected chi connectivity index (χ3v) is 2.74. The number of furan rings is 1. The van der Waals surface area contributed by atoms with Gasteiger partial charge in [-0.3, -0.25) is 4.40 Å². The van der Waals surface area contributed by atoms with Crippen molar-refractivity contribution >= 4 is 5.52 Å². The Morgan fingerprint density at radius 1 is 1.19 bits per heavy atom. The van der Waals surface area contributed by atoms with Gasteiger partial charge in [-0.1, -0.05) is 6.07 Å². The normalized spacial score (nSPS) is 11.1. The van der Waals surface area contributed by atoms with Crippen LogP contribution in [0.5, 0.6) is 0 Å². The molecule has 0 radical (unpaired) electrons. The van der Waals surface area contributed by atoms with Crippen LogP contribution in [-0.4, -0.2) is 9.38 Å². The molecule has 0 saturated heterocycles. The Hall–Kier alpha value is -2.03. The van der Waals surface area contributed by atoms with Gasteiger partial charge < -0.3 is 4.42 Å². The van der Waals surface area contributed by atoms with E-state index in [1.165, 1.54) is 5.56 Å². The van der Waals surface area contributed by atoms with Gasteiger partial charge in [0.25, 0.3) is 0 Å². The molecule has 3 rings (SSSR count). The fourth-order valence-corrected chi connectivity index (χ4v) is 1.90. The third-order valence-electron chi connectivity index (χ3n) is 2.74. The zero-order chi connectivity index (χ0) is 11.1. The van der Waals surface area contributed by atoms with Crippen LogP contribution in [-0.2, 0) is 0 Å². The van der Waals surface area contributed by atoms with Crippen molar-refractivity contribution in [3.63, 3.8) is 0 Å². The Morgan fingerprint density at radius 2 is 2.06 bits per heavy atom. The Labute approximate surface area is 93.4 Å². The molecular weight excluding hydrogens is 200 g/mol. The molecule has 0 aliphatic heterocycles. The summed E-state index contributed by atoms with van der Waals surface area (Å²) in [6, 6.07) is 8.00. The molecule has 0 N–H and O–H groups in total. The summed E-state index contributed by atoms with van der Waals surface area (Å²) in [6.07, 6.45) is 3.88. The van der Waals surface area contributed by atoms with Gasteiger partial charge in [0.15, 0.2) is 11.6 Å². The van der Waals surface area contributed by atoms with Crippen molar-refractivity contribution in [2.75, 3.05) is 0 Å². The lowest BCUT2D eigenvalue weighted by Crippen LogP contribution is -1.88. The summed E-state index contributed by atoms with van der Waals surface area (Å²) in [5.74, 6) is 2.56. The predicted octanol–water partition coefficient (Wildman–Crippen LogP) is 3.21. The molecular formula is C13H12N2O. The highest BCUT2D eigenvalue weighted by Crippen LogP contribution is 2.23. The van der Waals surface area contributed by atoms with E-state index in [2.05, 4.69) is 18.0 Å². The van der Waals surface area contributed by atoms with E-state index in [1.807, 2.05) is 41.9 Å². The summed E-state index contributed by atoms with van der Waals surface area (Å²) in [5, 5.41) is 0. The second kappa shape index (κ2) is 3.23. The van der Waals surface area contributed by atoms with E-state index in [1.54, 1.807) is 0 Å². The van der Waals surface area contributed by atoms with Gasteiger partial charge in [0.05, 0.1) is 11.7 Å². The monoisotopic (exact) mass is 212 g/mol. The first-order valence-corrected chi connectivity index (χ1v) is 5.25. The van der Waals surface area contributed by atoms with Crippen molar-refractivity contribution in [3.05, 3.63) is 48.0 Å². The smallest absolute Gasteiger partial charge is 0.180 e.